The highest BCUT2D eigenvalue weighted by atomic mass is 32.1. The van der Waals surface area contributed by atoms with Gasteiger partial charge in [0.2, 0.25) is 0 Å². The Bertz CT molecular complexity index is 174. The van der Waals surface area contributed by atoms with E-state index in [4.69, 9.17) is 33.9 Å². The highest BCUT2D eigenvalue weighted by Gasteiger charge is 2.00. The zero-order chi connectivity index (χ0) is 10.1. The summed E-state index contributed by atoms with van der Waals surface area (Å²) in [5, 5.41) is 3.21. The molecule has 0 rings (SSSR count). The van der Waals surface area contributed by atoms with Crippen molar-refractivity contribution in [2.75, 3.05) is 13.2 Å². The fourth-order valence-corrected chi connectivity index (χ4v) is 1.05. The number of rotatable bonds is 4. The van der Waals surface area contributed by atoms with Gasteiger partial charge >= 0.3 is 0 Å². The number of hydrogen-bond donors (Lipinski definition) is 1. The summed E-state index contributed by atoms with van der Waals surface area (Å²) < 4.78 is 10.1. The number of ether oxygens (including phenoxy) is 2. The summed E-state index contributed by atoms with van der Waals surface area (Å²) in [4.78, 5) is 0. The zero-order valence-electron chi connectivity index (χ0n) is 7.96. The molecular weight excluding hydrogens is 206 g/mol. The topological polar surface area (TPSA) is 30.5 Å². The van der Waals surface area contributed by atoms with Gasteiger partial charge in [0.25, 0.3) is 10.3 Å². The van der Waals surface area contributed by atoms with Crippen molar-refractivity contribution in [2.24, 2.45) is 0 Å². The Labute approximate surface area is 89.8 Å². The van der Waals surface area contributed by atoms with E-state index in [1.54, 1.807) is 0 Å². The Hall–Kier alpha value is -0.420. The number of nitrogens with one attached hydrogen (secondary N) is 1. The second-order valence-electron chi connectivity index (χ2n) is 2.33. The molecule has 13 heavy (non-hydrogen) atoms. The molecule has 0 radical (unpaired) electrons. The normalized spacial score (nSPS) is 9.08. The van der Waals surface area contributed by atoms with Crippen molar-refractivity contribution < 1.29 is 9.47 Å². The molecular formula is C8H15NO2S2. The monoisotopic (exact) mass is 221 g/mol. The molecule has 0 aliphatic carbocycles. The minimum absolute atomic E-state index is 0.268. The molecule has 0 spiro atoms. The van der Waals surface area contributed by atoms with Crippen LogP contribution in [0, 0.1) is 0 Å². The lowest BCUT2D eigenvalue weighted by molar-refractivity contribution is 0.285. The predicted octanol–water partition coefficient (Wildman–Crippen LogP) is 2.00. The molecule has 0 aliphatic heterocycles. The smallest absolute Gasteiger partial charge is 0.264 e. The van der Waals surface area contributed by atoms with Gasteiger partial charge in [0.1, 0.15) is 0 Å². The number of hydrogen-bond acceptors (Lipinski definition) is 4. The second kappa shape index (κ2) is 8.19. The van der Waals surface area contributed by atoms with Gasteiger partial charge in [-0.15, -0.1) is 0 Å². The van der Waals surface area contributed by atoms with Crippen LogP contribution in [0.3, 0.4) is 0 Å². The SMILES string of the molecule is CCCCOC(=S)NC(=S)OCC. The Morgan fingerprint density at radius 1 is 1.15 bits per heavy atom. The fraction of sp³-hybridized carbons (Fsp3) is 0.750. The molecule has 76 valence electrons. The van der Waals surface area contributed by atoms with Gasteiger partial charge in [0.05, 0.1) is 13.2 Å². The summed E-state index contributed by atoms with van der Waals surface area (Å²) in [6, 6.07) is 0. The number of thiocarbonyl (C=S) groups is 2. The first-order valence-electron chi connectivity index (χ1n) is 4.31. The van der Waals surface area contributed by atoms with E-state index in [1.807, 2.05) is 6.92 Å². The largest absolute Gasteiger partial charge is 0.471 e. The van der Waals surface area contributed by atoms with Crippen LogP contribution in [0.15, 0.2) is 0 Å². The first-order valence-corrected chi connectivity index (χ1v) is 5.12. The van der Waals surface area contributed by atoms with Crippen LogP contribution in [-0.2, 0) is 9.47 Å². The van der Waals surface area contributed by atoms with Crippen molar-refractivity contribution in [3.8, 4) is 0 Å². The van der Waals surface area contributed by atoms with Crippen LogP contribution >= 0.6 is 24.4 Å². The van der Waals surface area contributed by atoms with E-state index in [0.717, 1.165) is 12.8 Å². The van der Waals surface area contributed by atoms with Crippen molar-refractivity contribution in [1.82, 2.24) is 5.32 Å². The van der Waals surface area contributed by atoms with Crippen LogP contribution < -0.4 is 5.32 Å². The van der Waals surface area contributed by atoms with Crippen LogP contribution in [0.5, 0.6) is 0 Å². The minimum Gasteiger partial charge on any atom is -0.471 e. The molecule has 0 unspecified atom stereocenters. The second-order valence-corrected chi connectivity index (χ2v) is 3.08. The molecule has 0 bridgehead atoms. The summed E-state index contributed by atoms with van der Waals surface area (Å²) in [7, 11) is 0. The van der Waals surface area contributed by atoms with Crippen molar-refractivity contribution in [1.29, 1.82) is 0 Å². The Morgan fingerprint density at radius 3 is 2.31 bits per heavy atom. The van der Waals surface area contributed by atoms with E-state index in [-0.39, 0.29) is 10.3 Å². The number of unbranched alkanes of at least 4 members (excludes halogenated alkanes) is 1. The van der Waals surface area contributed by atoms with Gasteiger partial charge in [-0.1, -0.05) is 13.3 Å². The third-order valence-corrected chi connectivity index (χ3v) is 1.65. The predicted molar refractivity (Wildman–Crippen MR) is 60.8 cm³/mol. The van der Waals surface area contributed by atoms with E-state index in [1.165, 1.54) is 0 Å². The van der Waals surface area contributed by atoms with Crippen molar-refractivity contribution in [2.45, 2.75) is 26.7 Å². The average Bonchev–Trinajstić information content (AvgIpc) is 2.05. The summed E-state index contributed by atoms with van der Waals surface area (Å²) >= 11 is 9.66. The third-order valence-electron chi connectivity index (χ3n) is 1.21. The molecule has 0 atom stereocenters. The Balaban J connectivity index is 3.44. The quantitative estimate of drug-likeness (QED) is 0.579. The molecule has 0 aromatic carbocycles. The molecule has 3 nitrogen and oxygen atoms in total. The maximum absolute atomic E-state index is 5.15. The van der Waals surface area contributed by atoms with Crippen LogP contribution in [0.1, 0.15) is 26.7 Å². The van der Waals surface area contributed by atoms with Crippen LogP contribution in [0.4, 0.5) is 0 Å². The molecule has 0 amide bonds. The lowest BCUT2D eigenvalue weighted by Crippen LogP contribution is -2.31. The van der Waals surface area contributed by atoms with Crippen molar-refractivity contribution >= 4 is 34.8 Å². The highest BCUT2D eigenvalue weighted by molar-refractivity contribution is 7.81. The van der Waals surface area contributed by atoms with Gasteiger partial charge in [-0.05, 0) is 37.8 Å². The molecule has 0 aromatic rings. The highest BCUT2D eigenvalue weighted by Crippen LogP contribution is 1.89. The third kappa shape index (κ3) is 7.93. The van der Waals surface area contributed by atoms with Gasteiger partial charge in [0, 0.05) is 0 Å². The average molecular weight is 221 g/mol. The summed E-state index contributed by atoms with van der Waals surface area (Å²) in [5.74, 6) is 0. The van der Waals surface area contributed by atoms with Gasteiger partial charge in [-0.25, -0.2) is 0 Å². The van der Waals surface area contributed by atoms with Crippen LogP contribution in [0.2, 0.25) is 0 Å². The first-order chi connectivity index (χ1) is 6.20. The van der Waals surface area contributed by atoms with Crippen molar-refractivity contribution in [3.05, 3.63) is 0 Å². The first kappa shape index (κ1) is 12.6. The molecule has 0 saturated carbocycles. The fourth-order valence-electron chi connectivity index (χ4n) is 0.596. The maximum atomic E-state index is 5.15. The summed E-state index contributed by atoms with van der Waals surface area (Å²) in [5.41, 5.74) is 0. The Morgan fingerprint density at radius 2 is 1.77 bits per heavy atom. The minimum atomic E-state index is 0.268. The van der Waals surface area contributed by atoms with Gasteiger partial charge in [0.15, 0.2) is 0 Å². The van der Waals surface area contributed by atoms with Crippen LogP contribution in [-0.4, -0.2) is 23.6 Å². The lowest BCUT2D eigenvalue weighted by atomic mass is 10.4. The van der Waals surface area contributed by atoms with Crippen molar-refractivity contribution in [3.63, 3.8) is 0 Å². The maximum Gasteiger partial charge on any atom is 0.264 e. The van der Waals surface area contributed by atoms with Gasteiger partial charge in [-0.3, -0.25) is 5.32 Å². The lowest BCUT2D eigenvalue weighted by Gasteiger charge is -2.09. The van der Waals surface area contributed by atoms with E-state index < -0.39 is 0 Å². The van der Waals surface area contributed by atoms with Crippen LogP contribution in [0.25, 0.3) is 0 Å². The van der Waals surface area contributed by atoms with E-state index >= 15 is 0 Å². The van der Waals surface area contributed by atoms with Gasteiger partial charge in [-0.2, -0.15) is 0 Å². The molecule has 0 aromatic heterocycles. The summed E-state index contributed by atoms with van der Waals surface area (Å²) in [6.07, 6.45) is 2.07. The molecule has 0 heterocycles. The van der Waals surface area contributed by atoms with E-state index in [2.05, 4.69) is 12.2 Å². The zero-order valence-corrected chi connectivity index (χ0v) is 9.59. The van der Waals surface area contributed by atoms with E-state index in [9.17, 15) is 0 Å². The van der Waals surface area contributed by atoms with E-state index in [0.29, 0.717) is 13.2 Å². The molecule has 0 saturated heterocycles. The molecule has 0 aliphatic rings. The Kier molecular flexibility index (Phi) is 7.93. The summed E-state index contributed by atoms with van der Waals surface area (Å²) in [6.45, 7) is 5.10. The standard InChI is InChI=1S/C8H15NO2S2/c1-3-5-6-11-8(13)9-7(12)10-4-2/h3-6H2,1-2H3,(H,9,12,13). The molecule has 5 heteroatoms. The molecule has 1 N–H and O–H groups in total. The molecule has 0 fully saturated rings. The van der Waals surface area contributed by atoms with Gasteiger partial charge < -0.3 is 9.47 Å².